The first kappa shape index (κ1) is 16.9. The molecule has 1 heterocycles. The van der Waals surface area contributed by atoms with Crippen molar-refractivity contribution in [1.82, 2.24) is 10.2 Å². The Morgan fingerprint density at radius 1 is 1.05 bits per heavy atom. The van der Waals surface area contributed by atoms with Gasteiger partial charge in [0.25, 0.3) is 0 Å². The van der Waals surface area contributed by atoms with Crippen LogP contribution in [0.3, 0.4) is 0 Å². The van der Waals surface area contributed by atoms with Crippen LogP contribution in [-0.2, 0) is 4.74 Å². The van der Waals surface area contributed by atoms with Crippen LogP contribution < -0.4 is 5.32 Å². The predicted molar refractivity (Wildman–Crippen MR) is 82.7 cm³/mol. The zero-order valence-electron chi connectivity index (χ0n) is 13.7. The molecular weight excluding hydrogens is 236 g/mol. The van der Waals surface area contributed by atoms with Crippen LogP contribution in [0.15, 0.2) is 0 Å². The topological polar surface area (TPSA) is 24.5 Å². The Kier molecular flexibility index (Phi) is 6.78. The lowest BCUT2D eigenvalue weighted by Gasteiger charge is -2.53. The Morgan fingerprint density at radius 3 is 2.26 bits per heavy atom. The molecule has 19 heavy (non-hydrogen) atoms. The third kappa shape index (κ3) is 4.17. The van der Waals surface area contributed by atoms with Crippen LogP contribution >= 0.6 is 0 Å². The Bertz CT molecular complexity index is 253. The summed E-state index contributed by atoms with van der Waals surface area (Å²) in [7, 11) is 0. The lowest BCUT2D eigenvalue weighted by Crippen LogP contribution is -2.69. The summed E-state index contributed by atoms with van der Waals surface area (Å²) in [5.41, 5.74) is 0.586. The molecule has 0 amide bonds. The van der Waals surface area contributed by atoms with Crippen molar-refractivity contribution in [2.24, 2.45) is 0 Å². The van der Waals surface area contributed by atoms with E-state index >= 15 is 0 Å². The maximum atomic E-state index is 5.70. The summed E-state index contributed by atoms with van der Waals surface area (Å²) >= 11 is 0. The van der Waals surface area contributed by atoms with Crippen molar-refractivity contribution >= 4 is 0 Å². The van der Waals surface area contributed by atoms with Gasteiger partial charge >= 0.3 is 0 Å². The maximum absolute atomic E-state index is 5.70. The van der Waals surface area contributed by atoms with Crippen LogP contribution in [0.25, 0.3) is 0 Å². The molecule has 0 radical (unpaired) electrons. The second kappa shape index (κ2) is 7.61. The van der Waals surface area contributed by atoms with E-state index in [1.165, 1.54) is 19.3 Å². The highest BCUT2D eigenvalue weighted by atomic mass is 16.5. The summed E-state index contributed by atoms with van der Waals surface area (Å²) in [6.45, 7) is 16.5. The van der Waals surface area contributed by atoms with Gasteiger partial charge in [-0.2, -0.15) is 0 Å². The minimum atomic E-state index is 0.281. The third-order valence-corrected chi connectivity index (χ3v) is 5.07. The highest BCUT2D eigenvalue weighted by Gasteiger charge is 2.41. The van der Waals surface area contributed by atoms with Crippen molar-refractivity contribution in [2.75, 3.05) is 32.8 Å². The lowest BCUT2D eigenvalue weighted by atomic mass is 9.83. The number of piperazine rings is 1. The molecule has 1 atom stereocenters. The van der Waals surface area contributed by atoms with E-state index in [1.54, 1.807) is 0 Å². The molecule has 0 saturated carbocycles. The largest absolute Gasteiger partial charge is 0.380 e. The summed E-state index contributed by atoms with van der Waals surface area (Å²) in [5, 5.41) is 3.82. The molecule has 0 spiro atoms. The average Bonchev–Trinajstić information content (AvgIpc) is 2.46. The fourth-order valence-electron chi connectivity index (χ4n) is 2.94. The summed E-state index contributed by atoms with van der Waals surface area (Å²) in [6, 6.07) is 0. The van der Waals surface area contributed by atoms with E-state index in [2.05, 4.69) is 44.8 Å². The van der Waals surface area contributed by atoms with Gasteiger partial charge < -0.3 is 10.1 Å². The van der Waals surface area contributed by atoms with Crippen LogP contribution in [-0.4, -0.2) is 48.8 Å². The predicted octanol–water partition coefficient (Wildman–Crippen LogP) is 3.05. The Balaban J connectivity index is 2.63. The Labute approximate surface area is 120 Å². The summed E-state index contributed by atoms with van der Waals surface area (Å²) in [5.74, 6) is 0. The number of nitrogens with one attached hydrogen (secondary N) is 1. The van der Waals surface area contributed by atoms with Crippen molar-refractivity contribution < 1.29 is 4.74 Å². The molecule has 3 heteroatoms. The molecule has 1 saturated heterocycles. The van der Waals surface area contributed by atoms with Gasteiger partial charge in [0.1, 0.15) is 0 Å². The molecule has 0 aromatic rings. The van der Waals surface area contributed by atoms with Crippen LogP contribution in [0.5, 0.6) is 0 Å². The SMILES string of the molecule is CCCOCCN1CC(CC)(CC)NCC1(C)CC. The van der Waals surface area contributed by atoms with Gasteiger partial charge in [0.05, 0.1) is 6.61 Å². The third-order valence-electron chi connectivity index (χ3n) is 5.07. The molecule has 1 aliphatic heterocycles. The standard InChI is InChI=1S/C16H34N2O/c1-6-11-19-12-10-18-14-16(8-3,9-4)17-13-15(18,5)7-2/h17H,6-14H2,1-5H3. The van der Waals surface area contributed by atoms with Crippen LogP contribution in [0, 0.1) is 0 Å². The van der Waals surface area contributed by atoms with Gasteiger partial charge in [0.2, 0.25) is 0 Å². The van der Waals surface area contributed by atoms with Gasteiger partial charge in [-0.15, -0.1) is 0 Å². The zero-order valence-corrected chi connectivity index (χ0v) is 13.7. The molecule has 0 bridgehead atoms. The number of rotatable bonds is 8. The molecule has 1 unspecified atom stereocenters. The molecule has 0 aromatic carbocycles. The van der Waals surface area contributed by atoms with E-state index in [9.17, 15) is 0 Å². The second-order valence-electron chi connectivity index (χ2n) is 6.23. The normalized spacial score (nSPS) is 27.6. The van der Waals surface area contributed by atoms with E-state index in [-0.39, 0.29) is 5.54 Å². The molecular formula is C16H34N2O. The van der Waals surface area contributed by atoms with E-state index in [4.69, 9.17) is 4.74 Å². The molecule has 1 N–H and O–H groups in total. The van der Waals surface area contributed by atoms with Crippen LogP contribution in [0.4, 0.5) is 0 Å². The van der Waals surface area contributed by atoms with Crippen molar-refractivity contribution in [3.05, 3.63) is 0 Å². The van der Waals surface area contributed by atoms with Gasteiger partial charge in [-0.3, -0.25) is 4.90 Å². The van der Waals surface area contributed by atoms with Gasteiger partial charge in [-0.1, -0.05) is 27.7 Å². The van der Waals surface area contributed by atoms with Gasteiger partial charge in [-0.05, 0) is 32.6 Å². The molecule has 0 aromatic heterocycles. The van der Waals surface area contributed by atoms with E-state index in [1.807, 2.05) is 0 Å². The first-order chi connectivity index (χ1) is 9.05. The maximum Gasteiger partial charge on any atom is 0.0593 e. The van der Waals surface area contributed by atoms with Crippen molar-refractivity contribution in [3.8, 4) is 0 Å². The molecule has 0 aliphatic carbocycles. The fourth-order valence-corrected chi connectivity index (χ4v) is 2.94. The summed E-state index contributed by atoms with van der Waals surface area (Å²) < 4.78 is 5.70. The van der Waals surface area contributed by atoms with Crippen molar-refractivity contribution in [3.63, 3.8) is 0 Å². The highest BCUT2D eigenvalue weighted by molar-refractivity contribution is 5.02. The molecule has 3 nitrogen and oxygen atoms in total. The quantitative estimate of drug-likeness (QED) is 0.686. The average molecular weight is 270 g/mol. The molecule has 1 aliphatic rings. The highest BCUT2D eigenvalue weighted by Crippen LogP contribution is 2.30. The second-order valence-corrected chi connectivity index (χ2v) is 6.23. The lowest BCUT2D eigenvalue weighted by molar-refractivity contribution is -0.0116. The summed E-state index contributed by atoms with van der Waals surface area (Å²) in [6.07, 6.45) is 4.71. The van der Waals surface area contributed by atoms with Crippen LogP contribution in [0.2, 0.25) is 0 Å². The monoisotopic (exact) mass is 270 g/mol. The minimum Gasteiger partial charge on any atom is -0.380 e. The minimum absolute atomic E-state index is 0.281. The van der Waals surface area contributed by atoms with E-state index in [0.29, 0.717) is 5.54 Å². The van der Waals surface area contributed by atoms with Crippen molar-refractivity contribution in [2.45, 2.75) is 71.4 Å². The van der Waals surface area contributed by atoms with E-state index < -0.39 is 0 Å². The van der Waals surface area contributed by atoms with Gasteiger partial charge in [-0.25, -0.2) is 0 Å². The molecule has 1 fully saturated rings. The summed E-state index contributed by atoms with van der Waals surface area (Å²) in [4.78, 5) is 2.66. The molecule has 114 valence electrons. The first-order valence-electron chi connectivity index (χ1n) is 8.13. The number of hydrogen-bond acceptors (Lipinski definition) is 3. The number of nitrogens with zero attached hydrogens (tertiary/aromatic N) is 1. The Hall–Kier alpha value is -0.120. The Morgan fingerprint density at radius 2 is 1.74 bits per heavy atom. The fraction of sp³-hybridized carbons (Fsp3) is 1.00. The smallest absolute Gasteiger partial charge is 0.0593 e. The molecule has 1 rings (SSSR count). The van der Waals surface area contributed by atoms with Gasteiger partial charge in [0, 0.05) is 37.3 Å². The first-order valence-corrected chi connectivity index (χ1v) is 8.13. The zero-order chi connectivity index (χ0) is 14.4. The van der Waals surface area contributed by atoms with Crippen molar-refractivity contribution in [1.29, 1.82) is 0 Å². The van der Waals surface area contributed by atoms with Crippen LogP contribution in [0.1, 0.15) is 60.3 Å². The number of ether oxygens (including phenoxy) is 1. The van der Waals surface area contributed by atoms with Gasteiger partial charge in [0.15, 0.2) is 0 Å². The van der Waals surface area contributed by atoms with E-state index in [0.717, 1.165) is 39.3 Å². The number of hydrogen-bond donors (Lipinski definition) is 1.